The van der Waals surface area contributed by atoms with Gasteiger partial charge in [-0.15, -0.1) is 5.54 Å². The highest BCUT2D eigenvalue weighted by Crippen LogP contribution is 2.41. The first kappa shape index (κ1) is 32.2. The Morgan fingerprint density at radius 2 is 1.66 bits per heavy atom. The maximum atomic E-state index is 13.7. The van der Waals surface area contributed by atoms with Crippen molar-refractivity contribution in [3.8, 4) is 17.2 Å². The quantitative estimate of drug-likeness (QED) is 0.210. The zero-order valence-electron chi connectivity index (χ0n) is 27.3. The fourth-order valence-electron chi connectivity index (χ4n) is 6.06. The van der Waals surface area contributed by atoms with Gasteiger partial charge in [0.1, 0.15) is 19.4 Å². The highest BCUT2D eigenvalue weighted by molar-refractivity contribution is 6.90. The van der Waals surface area contributed by atoms with Gasteiger partial charge in [0.25, 0.3) is 0 Å². The molecule has 0 aliphatic rings. The number of aromatic nitrogens is 3. The van der Waals surface area contributed by atoms with E-state index in [2.05, 4.69) is 63.1 Å². The molecule has 0 aliphatic heterocycles. The van der Waals surface area contributed by atoms with E-state index >= 15 is 0 Å². The molecule has 3 aromatic rings. The van der Waals surface area contributed by atoms with Crippen LogP contribution in [0.2, 0.25) is 16.6 Å². The number of hydrogen-bond acceptors (Lipinski definition) is 5. The number of aryl methyl sites for hydroxylation is 2. The van der Waals surface area contributed by atoms with Gasteiger partial charge in [-0.25, -0.2) is 4.79 Å². The van der Waals surface area contributed by atoms with Crippen molar-refractivity contribution in [3.63, 3.8) is 0 Å². The van der Waals surface area contributed by atoms with Crippen molar-refractivity contribution in [3.05, 3.63) is 46.9 Å². The smallest absolute Gasteiger partial charge is 0.415 e. The van der Waals surface area contributed by atoms with Gasteiger partial charge in [0.2, 0.25) is 0 Å². The molecule has 8 heteroatoms. The Balaban J connectivity index is 2.27. The van der Waals surface area contributed by atoms with Gasteiger partial charge in [0.15, 0.2) is 0 Å². The van der Waals surface area contributed by atoms with Crippen molar-refractivity contribution in [2.45, 2.75) is 105 Å². The highest BCUT2D eigenvalue weighted by atomic mass is 28.3. The van der Waals surface area contributed by atoms with Crippen molar-refractivity contribution in [1.82, 2.24) is 14.8 Å². The fraction of sp³-hybridized carbons (Fsp3) is 0.545. The lowest BCUT2D eigenvalue weighted by atomic mass is 10.1. The van der Waals surface area contributed by atoms with Crippen LogP contribution in [0.4, 0.5) is 10.5 Å². The Bertz CT molecular complexity index is 1450. The summed E-state index contributed by atoms with van der Waals surface area (Å²) in [6.45, 7) is 23.6. The molecule has 0 spiro atoms. The highest BCUT2D eigenvalue weighted by Gasteiger charge is 2.41. The van der Waals surface area contributed by atoms with Crippen LogP contribution in [0.1, 0.15) is 84.7 Å². The summed E-state index contributed by atoms with van der Waals surface area (Å²) in [6, 6.07) is 3.98. The van der Waals surface area contributed by atoms with Crippen molar-refractivity contribution < 1.29 is 14.3 Å². The number of anilines is 1. The molecule has 0 saturated heterocycles. The third-order valence-corrected chi connectivity index (χ3v) is 14.4. The molecule has 3 rings (SSSR count). The number of amides is 1. The van der Waals surface area contributed by atoms with Crippen molar-refractivity contribution in [2.24, 2.45) is 7.05 Å². The molecule has 0 aliphatic carbocycles. The average molecular weight is 577 g/mol. The van der Waals surface area contributed by atoms with E-state index in [0.717, 1.165) is 39.0 Å². The van der Waals surface area contributed by atoms with Crippen molar-refractivity contribution >= 4 is 30.8 Å². The summed E-state index contributed by atoms with van der Waals surface area (Å²) in [7, 11) is 1.57. The third-order valence-electron chi connectivity index (χ3n) is 8.11. The fourth-order valence-corrected chi connectivity index (χ4v) is 11.3. The van der Waals surface area contributed by atoms with Crippen LogP contribution in [0.25, 0.3) is 10.9 Å². The third kappa shape index (κ3) is 6.62. The molecule has 0 unspecified atom stereocenters. The number of hydrogen-bond donors (Lipinski definition) is 0. The number of nitrogens with zero attached hydrogens (tertiary/aromatic N) is 4. The average Bonchev–Trinajstić information content (AvgIpc) is 3.23. The minimum atomic E-state index is -1.99. The number of pyridine rings is 1. The standard InChI is InChI=1S/C33H48N4O3Si/c1-21(2)41(22(3)4,23(5)6)15-14-26-16-27(17-30-28(26)19-35-36(30)12)37(32(38)40-33(9,10)11)20-29-25(8)31(39-13)24(7)18-34-29/h16-19,21-23H,20H2,1-13H3. The Morgan fingerprint density at radius 1 is 1.05 bits per heavy atom. The number of fused-ring (bicyclic) bond motifs is 1. The molecule has 0 bridgehead atoms. The Kier molecular flexibility index (Phi) is 9.64. The minimum absolute atomic E-state index is 0.219. The van der Waals surface area contributed by atoms with Gasteiger partial charge in [0, 0.05) is 35.3 Å². The zero-order chi connectivity index (χ0) is 30.9. The molecule has 0 fully saturated rings. The van der Waals surface area contributed by atoms with Crippen LogP contribution in [-0.4, -0.2) is 41.6 Å². The van der Waals surface area contributed by atoms with Gasteiger partial charge in [-0.2, -0.15) is 5.10 Å². The van der Waals surface area contributed by atoms with Crippen LogP contribution in [0.15, 0.2) is 24.5 Å². The first-order valence-electron chi connectivity index (χ1n) is 14.5. The Hall–Kier alpha value is -3.31. The molecule has 1 aromatic carbocycles. The van der Waals surface area contributed by atoms with Crippen LogP contribution in [0, 0.1) is 25.3 Å². The first-order chi connectivity index (χ1) is 19.0. The van der Waals surface area contributed by atoms with Crippen LogP contribution < -0.4 is 9.64 Å². The van der Waals surface area contributed by atoms with E-state index in [9.17, 15) is 4.79 Å². The van der Waals surface area contributed by atoms with E-state index in [1.54, 1.807) is 18.2 Å². The molecular formula is C33H48N4O3Si. The summed E-state index contributed by atoms with van der Waals surface area (Å²) in [5.74, 6) is 4.38. The predicted molar refractivity (Wildman–Crippen MR) is 171 cm³/mol. The second kappa shape index (κ2) is 12.3. The van der Waals surface area contributed by atoms with Gasteiger partial charge in [-0.05, 0) is 63.4 Å². The number of carbonyl (C=O) groups excluding carboxylic acids is 1. The molecule has 0 radical (unpaired) electrons. The number of ether oxygens (including phenoxy) is 2. The van der Waals surface area contributed by atoms with Gasteiger partial charge >= 0.3 is 6.09 Å². The molecule has 2 heterocycles. The van der Waals surface area contributed by atoms with Gasteiger partial charge in [-0.3, -0.25) is 14.6 Å². The maximum Gasteiger partial charge on any atom is 0.415 e. The van der Waals surface area contributed by atoms with E-state index < -0.39 is 19.8 Å². The van der Waals surface area contributed by atoms with E-state index in [1.165, 1.54) is 0 Å². The molecule has 2 aromatic heterocycles. The molecule has 0 N–H and O–H groups in total. The van der Waals surface area contributed by atoms with Crippen LogP contribution in [0.3, 0.4) is 0 Å². The topological polar surface area (TPSA) is 69.5 Å². The first-order valence-corrected chi connectivity index (χ1v) is 16.7. The lowest BCUT2D eigenvalue weighted by Crippen LogP contribution is -2.43. The van der Waals surface area contributed by atoms with Gasteiger partial charge in [0.05, 0.1) is 36.7 Å². The summed E-state index contributed by atoms with van der Waals surface area (Å²) >= 11 is 0. The molecule has 0 saturated carbocycles. The lowest BCUT2D eigenvalue weighted by Gasteiger charge is -2.38. The molecular weight excluding hydrogens is 528 g/mol. The second-order valence-electron chi connectivity index (χ2n) is 13.0. The number of methoxy groups -OCH3 is 1. The van der Waals surface area contributed by atoms with E-state index in [-0.39, 0.29) is 6.54 Å². The summed E-state index contributed by atoms with van der Waals surface area (Å²) in [5.41, 5.74) is 9.73. The van der Waals surface area contributed by atoms with Crippen LogP contribution in [-0.2, 0) is 18.3 Å². The Morgan fingerprint density at radius 3 is 2.20 bits per heavy atom. The minimum Gasteiger partial charge on any atom is -0.496 e. The Labute approximate surface area is 247 Å². The molecule has 41 heavy (non-hydrogen) atoms. The van der Waals surface area contributed by atoms with Crippen molar-refractivity contribution in [2.75, 3.05) is 12.0 Å². The van der Waals surface area contributed by atoms with Gasteiger partial charge < -0.3 is 9.47 Å². The van der Waals surface area contributed by atoms with Gasteiger partial charge in [-0.1, -0.05) is 47.5 Å². The van der Waals surface area contributed by atoms with Crippen LogP contribution >= 0.6 is 0 Å². The van der Waals surface area contributed by atoms with E-state index in [1.807, 2.05) is 64.7 Å². The molecule has 222 valence electrons. The summed E-state index contributed by atoms with van der Waals surface area (Å²) < 4.78 is 13.4. The summed E-state index contributed by atoms with van der Waals surface area (Å²) in [6.07, 6.45) is 3.19. The number of rotatable bonds is 7. The van der Waals surface area contributed by atoms with Crippen molar-refractivity contribution in [1.29, 1.82) is 0 Å². The zero-order valence-corrected chi connectivity index (χ0v) is 28.3. The normalized spacial score (nSPS) is 12.2. The lowest BCUT2D eigenvalue weighted by molar-refractivity contribution is 0.0577. The van der Waals surface area contributed by atoms with E-state index in [0.29, 0.717) is 22.3 Å². The number of benzene rings is 1. The second-order valence-corrected chi connectivity index (χ2v) is 18.5. The predicted octanol–water partition coefficient (Wildman–Crippen LogP) is 8.10. The molecule has 7 nitrogen and oxygen atoms in total. The largest absolute Gasteiger partial charge is 0.496 e. The van der Waals surface area contributed by atoms with E-state index in [4.69, 9.17) is 9.47 Å². The maximum absolute atomic E-state index is 13.7. The number of carbonyl (C=O) groups is 1. The summed E-state index contributed by atoms with van der Waals surface area (Å²) in [4.78, 5) is 20.1. The summed E-state index contributed by atoms with van der Waals surface area (Å²) in [5, 5.41) is 5.51. The van der Waals surface area contributed by atoms with Crippen LogP contribution in [0.5, 0.6) is 5.75 Å². The molecule has 1 amide bonds. The SMILES string of the molecule is COc1c(C)cnc(CN(C(=O)OC(C)(C)C)c2cc(C#C[Si](C(C)C)(C(C)C)C(C)C)c3cnn(C)c3c2)c1C. The monoisotopic (exact) mass is 576 g/mol. The molecule has 0 atom stereocenters.